The molecular weight excluding hydrogens is 442 g/mol. The van der Waals surface area contributed by atoms with Gasteiger partial charge in [-0.05, 0) is 24.3 Å². The number of fused-ring (bicyclic) bond motifs is 2. The number of ether oxygens (including phenoxy) is 2. The van der Waals surface area contributed by atoms with E-state index in [1.165, 1.54) is 11.3 Å². The van der Waals surface area contributed by atoms with Crippen molar-refractivity contribution in [2.75, 3.05) is 44.1 Å². The lowest BCUT2D eigenvalue weighted by molar-refractivity contribution is -0.118. The zero-order valence-corrected chi connectivity index (χ0v) is 18.9. The van der Waals surface area contributed by atoms with Crippen LogP contribution in [0, 0.1) is 0 Å². The van der Waals surface area contributed by atoms with E-state index < -0.39 is 0 Å². The monoisotopic (exact) mass is 463 g/mol. The summed E-state index contributed by atoms with van der Waals surface area (Å²) in [6, 6.07) is 13.1. The van der Waals surface area contributed by atoms with Gasteiger partial charge in [-0.15, -0.1) is 11.3 Å². The van der Waals surface area contributed by atoms with Crippen molar-refractivity contribution in [1.29, 1.82) is 0 Å². The van der Waals surface area contributed by atoms with Crippen LogP contribution in [-0.4, -0.2) is 56.1 Å². The average Bonchev–Trinajstić information content (AvgIpc) is 3.33. The first-order chi connectivity index (χ1) is 16.1. The molecule has 33 heavy (non-hydrogen) atoms. The maximum absolute atomic E-state index is 13.0. The number of benzene rings is 2. The Kier molecular flexibility index (Phi) is 5.53. The number of amides is 2. The number of nitrogens with zero attached hydrogens (tertiary/aromatic N) is 4. The maximum atomic E-state index is 13.0. The smallest absolute Gasteiger partial charge is 0.279 e. The number of nitrogens with one attached hydrogen (secondary N) is 1. The predicted octanol–water partition coefficient (Wildman–Crippen LogP) is 2.32. The summed E-state index contributed by atoms with van der Waals surface area (Å²) >= 11 is 1.42. The highest BCUT2D eigenvalue weighted by atomic mass is 32.1. The van der Waals surface area contributed by atoms with Crippen LogP contribution in [0.25, 0.3) is 11.3 Å². The van der Waals surface area contributed by atoms with Gasteiger partial charge in [0, 0.05) is 30.7 Å². The van der Waals surface area contributed by atoms with Gasteiger partial charge in [-0.3, -0.25) is 14.6 Å². The summed E-state index contributed by atoms with van der Waals surface area (Å²) in [6.07, 6.45) is 0. The number of para-hydroxylation sites is 1. The van der Waals surface area contributed by atoms with Crippen LogP contribution < -0.4 is 19.8 Å². The van der Waals surface area contributed by atoms with Gasteiger partial charge >= 0.3 is 0 Å². The maximum Gasteiger partial charge on any atom is 0.279 e. The van der Waals surface area contributed by atoms with E-state index in [-0.39, 0.29) is 18.4 Å². The van der Waals surface area contributed by atoms with Crippen molar-refractivity contribution in [3.05, 3.63) is 58.2 Å². The minimum absolute atomic E-state index is 0.00395. The number of thiazole rings is 1. The molecule has 0 aliphatic carbocycles. The largest absolute Gasteiger partial charge is 0.482 e. The van der Waals surface area contributed by atoms with E-state index in [4.69, 9.17) is 14.6 Å². The summed E-state index contributed by atoms with van der Waals surface area (Å²) in [5.74, 6) is 0.220. The molecule has 2 aliphatic rings. The molecule has 0 saturated heterocycles. The molecule has 0 spiro atoms. The fourth-order valence-electron chi connectivity index (χ4n) is 3.72. The van der Waals surface area contributed by atoms with Crippen LogP contribution in [0.4, 0.5) is 11.4 Å². The summed E-state index contributed by atoms with van der Waals surface area (Å²) in [6.45, 7) is 0.923. The lowest BCUT2D eigenvalue weighted by Gasteiger charge is -2.18. The second-order valence-electron chi connectivity index (χ2n) is 7.47. The van der Waals surface area contributed by atoms with Gasteiger partial charge in [-0.1, -0.05) is 18.2 Å². The highest BCUT2D eigenvalue weighted by Crippen LogP contribution is 2.33. The highest BCUT2D eigenvalue weighted by molar-refractivity contribution is 7.07. The normalized spacial score (nSPS) is 16.6. The molecule has 0 unspecified atom stereocenters. The number of aromatic nitrogens is 1. The molecule has 0 atom stereocenters. The minimum atomic E-state index is -0.204. The van der Waals surface area contributed by atoms with E-state index in [2.05, 4.69) is 10.3 Å². The van der Waals surface area contributed by atoms with E-state index in [0.717, 1.165) is 22.5 Å². The third-order valence-corrected chi connectivity index (χ3v) is 6.22. The number of hydrogen-bond acceptors (Lipinski definition) is 7. The van der Waals surface area contributed by atoms with E-state index in [1.807, 2.05) is 47.8 Å². The van der Waals surface area contributed by atoms with Crippen LogP contribution in [0.5, 0.6) is 5.75 Å². The number of hydrogen-bond donors (Lipinski definition) is 1. The molecule has 0 radical (unpaired) electrons. The van der Waals surface area contributed by atoms with E-state index in [1.54, 1.807) is 23.7 Å². The van der Waals surface area contributed by atoms with Crippen molar-refractivity contribution in [2.45, 2.75) is 0 Å². The zero-order chi connectivity index (χ0) is 22.9. The Morgan fingerprint density at radius 3 is 2.91 bits per heavy atom. The van der Waals surface area contributed by atoms with Gasteiger partial charge in [-0.25, -0.2) is 4.68 Å². The number of methoxy groups -OCH3 is 1. The summed E-state index contributed by atoms with van der Waals surface area (Å²) in [7, 11) is 3.36. The van der Waals surface area contributed by atoms with Crippen molar-refractivity contribution in [2.24, 2.45) is 10.1 Å². The molecule has 168 valence electrons. The standard InChI is InChI=1S/C23H21N5O4S/c1-27-17-6-4-3-5-15(17)21(22(27)30)26-28-18(13-33-23(28)24-9-10-31-2)14-7-8-19-16(11-14)25-20(29)12-32-19/h3-8,11,13H,9-10,12H2,1-2H3,(H,25,29)/b24-23?,26-21+. The molecule has 0 bridgehead atoms. The van der Waals surface area contributed by atoms with Crippen LogP contribution in [0.3, 0.4) is 0 Å². The Hall–Kier alpha value is -3.76. The van der Waals surface area contributed by atoms with Gasteiger partial charge < -0.3 is 19.7 Å². The van der Waals surface area contributed by atoms with E-state index >= 15 is 0 Å². The molecule has 5 rings (SSSR count). The van der Waals surface area contributed by atoms with E-state index in [0.29, 0.717) is 35.1 Å². The van der Waals surface area contributed by atoms with Crippen LogP contribution in [0.15, 0.2) is 57.9 Å². The third kappa shape index (κ3) is 3.83. The topological polar surface area (TPSA) is 97.5 Å². The van der Waals surface area contributed by atoms with Gasteiger partial charge in [0.15, 0.2) is 12.3 Å². The number of carbonyl (C=O) groups is 2. The van der Waals surface area contributed by atoms with Crippen molar-refractivity contribution in [1.82, 2.24) is 4.68 Å². The number of likely N-dealkylation sites (N-methyl/N-ethyl adjacent to an activating group) is 1. The molecule has 1 aromatic heterocycles. The van der Waals surface area contributed by atoms with E-state index in [9.17, 15) is 9.59 Å². The number of anilines is 2. The molecule has 2 amide bonds. The van der Waals surface area contributed by atoms with Crippen LogP contribution in [0.2, 0.25) is 0 Å². The minimum Gasteiger partial charge on any atom is -0.482 e. The average molecular weight is 464 g/mol. The van der Waals surface area contributed by atoms with Crippen LogP contribution in [-0.2, 0) is 14.3 Å². The first-order valence-electron chi connectivity index (χ1n) is 10.3. The molecule has 10 heteroatoms. The Bertz CT molecular complexity index is 1360. The Morgan fingerprint density at radius 2 is 2.06 bits per heavy atom. The Labute approximate surface area is 193 Å². The predicted molar refractivity (Wildman–Crippen MR) is 126 cm³/mol. The molecule has 1 N–H and O–H groups in total. The zero-order valence-electron chi connectivity index (χ0n) is 18.1. The van der Waals surface area contributed by atoms with Gasteiger partial charge in [0.05, 0.1) is 30.2 Å². The Morgan fingerprint density at radius 1 is 1.21 bits per heavy atom. The summed E-state index contributed by atoms with van der Waals surface area (Å²) in [5.41, 5.74) is 4.06. The van der Waals surface area contributed by atoms with Crippen molar-refractivity contribution in [3.63, 3.8) is 0 Å². The second-order valence-corrected chi connectivity index (χ2v) is 8.30. The fraction of sp³-hybridized carbons (Fsp3) is 0.217. The van der Waals surface area contributed by atoms with Gasteiger partial charge in [0.25, 0.3) is 11.8 Å². The molecule has 0 fully saturated rings. The molecule has 3 heterocycles. The second kappa shape index (κ2) is 8.64. The molecule has 2 aliphatic heterocycles. The number of rotatable bonds is 5. The quantitative estimate of drug-likeness (QED) is 0.587. The fourth-order valence-corrected chi connectivity index (χ4v) is 4.58. The van der Waals surface area contributed by atoms with Crippen LogP contribution >= 0.6 is 11.3 Å². The lowest BCUT2D eigenvalue weighted by Crippen LogP contribution is -2.27. The van der Waals surface area contributed by atoms with Crippen LogP contribution in [0.1, 0.15) is 5.56 Å². The molecule has 9 nitrogen and oxygen atoms in total. The van der Waals surface area contributed by atoms with Crippen molar-refractivity contribution >= 4 is 40.2 Å². The molecular formula is C23H21N5O4S. The van der Waals surface area contributed by atoms with Gasteiger partial charge in [0.2, 0.25) is 4.80 Å². The lowest BCUT2D eigenvalue weighted by atomic mass is 10.1. The third-order valence-electron chi connectivity index (χ3n) is 5.36. The van der Waals surface area contributed by atoms with Gasteiger partial charge in [-0.2, -0.15) is 5.10 Å². The first-order valence-corrected chi connectivity index (χ1v) is 11.2. The number of carbonyl (C=O) groups excluding carboxylic acids is 2. The summed E-state index contributed by atoms with van der Waals surface area (Å²) in [5, 5.41) is 9.53. The first kappa shape index (κ1) is 21.1. The molecule has 2 aromatic carbocycles. The summed E-state index contributed by atoms with van der Waals surface area (Å²) < 4.78 is 12.3. The highest BCUT2D eigenvalue weighted by Gasteiger charge is 2.31. The van der Waals surface area contributed by atoms with Gasteiger partial charge in [0.1, 0.15) is 5.75 Å². The van der Waals surface area contributed by atoms with Crippen molar-refractivity contribution < 1.29 is 19.1 Å². The molecule has 3 aromatic rings. The summed E-state index contributed by atoms with van der Waals surface area (Å²) in [4.78, 5) is 31.6. The van der Waals surface area contributed by atoms with Crippen molar-refractivity contribution in [3.8, 4) is 17.0 Å². The Balaban J connectivity index is 1.66. The SMILES string of the molecule is COCCN=c1scc(-c2ccc3c(c2)NC(=O)CO3)n1/N=C1/C(=O)N(C)c2ccccc21. The molecule has 0 saturated carbocycles.